The molecule has 0 aliphatic heterocycles. The van der Waals surface area contributed by atoms with Crippen LogP contribution in [-0.4, -0.2) is 38.8 Å². The number of hydrogen-bond acceptors (Lipinski definition) is 4. The highest BCUT2D eigenvalue weighted by molar-refractivity contribution is 5.87. The molecule has 0 unspecified atom stereocenters. The third-order valence-electron chi connectivity index (χ3n) is 2.79. The van der Waals surface area contributed by atoms with Crippen molar-refractivity contribution in [3.05, 3.63) is 17.5 Å². The molecule has 20 heavy (non-hydrogen) atoms. The summed E-state index contributed by atoms with van der Waals surface area (Å²) in [5.74, 6) is -2.13. The fourth-order valence-electron chi connectivity index (χ4n) is 1.50. The largest absolute Gasteiger partial charge is 0.480 e. The zero-order valence-electron chi connectivity index (χ0n) is 11.2. The Balaban J connectivity index is 2.52. The Bertz CT molecular complexity index is 525. The first-order chi connectivity index (χ1) is 9.31. The number of nitrogens with one attached hydrogen (secondary N) is 2. The molecule has 0 saturated heterocycles. The lowest BCUT2D eigenvalue weighted by molar-refractivity contribution is -0.140. The number of rotatable bonds is 6. The minimum absolute atomic E-state index is 0.203. The molecule has 0 radical (unpaired) electrons. The number of aliphatic carboxylic acids is 1. The number of aryl methyl sites for hydroxylation is 1. The van der Waals surface area contributed by atoms with Crippen molar-refractivity contribution < 1.29 is 19.5 Å². The van der Waals surface area contributed by atoms with Gasteiger partial charge in [0.15, 0.2) is 0 Å². The maximum Gasteiger partial charge on any atom is 0.326 e. The van der Waals surface area contributed by atoms with Crippen LogP contribution in [0.5, 0.6) is 0 Å². The van der Waals surface area contributed by atoms with Crippen molar-refractivity contribution in [3.8, 4) is 0 Å². The number of carboxylic acids is 1. The molecule has 0 aromatic carbocycles. The van der Waals surface area contributed by atoms with E-state index >= 15 is 0 Å². The molecule has 0 bridgehead atoms. The van der Waals surface area contributed by atoms with Gasteiger partial charge in [0, 0.05) is 24.8 Å². The summed E-state index contributed by atoms with van der Waals surface area (Å²) in [6, 6.07) is -2.04. The highest BCUT2D eigenvalue weighted by Gasteiger charge is 2.22. The van der Waals surface area contributed by atoms with Crippen LogP contribution in [0.4, 0.5) is 4.79 Å². The number of hydrogen-bond donors (Lipinski definition) is 4. The van der Waals surface area contributed by atoms with Crippen molar-refractivity contribution >= 4 is 17.9 Å². The molecule has 0 fully saturated rings. The molecular weight excluding hydrogens is 266 g/mol. The molecule has 5 N–H and O–H groups in total. The molecule has 0 aliphatic rings. The number of nitrogens with zero attached hydrogens (tertiary/aromatic N) is 2. The van der Waals surface area contributed by atoms with Gasteiger partial charge in [-0.3, -0.25) is 9.48 Å². The van der Waals surface area contributed by atoms with E-state index in [0.717, 1.165) is 11.3 Å². The third kappa shape index (κ3) is 4.26. The number of carbonyl (C=O) groups excluding carboxylic acids is 2. The fourth-order valence-corrected chi connectivity index (χ4v) is 1.50. The SMILES string of the molecule is Cc1c(CNC(=O)N[C@@H](CC(N)=O)C(=O)O)cnn1C. The number of urea groups is 1. The Morgan fingerprint density at radius 3 is 2.60 bits per heavy atom. The molecule has 1 aromatic heterocycles. The highest BCUT2D eigenvalue weighted by atomic mass is 16.4. The Kier molecular flexibility index (Phi) is 5.07. The molecule has 0 aliphatic carbocycles. The van der Waals surface area contributed by atoms with Gasteiger partial charge in [-0.05, 0) is 6.92 Å². The van der Waals surface area contributed by atoms with E-state index in [-0.39, 0.29) is 6.54 Å². The summed E-state index contributed by atoms with van der Waals surface area (Å²) in [4.78, 5) is 33.1. The smallest absolute Gasteiger partial charge is 0.326 e. The first-order valence-electron chi connectivity index (χ1n) is 5.84. The lowest BCUT2D eigenvalue weighted by Gasteiger charge is -2.13. The molecule has 1 aromatic rings. The monoisotopic (exact) mass is 283 g/mol. The van der Waals surface area contributed by atoms with Crippen LogP contribution in [0.15, 0.2) is 6.20 Å². The Morgan fingerprint density at radius 1 is 1.50 bits per heavy atom. The molecule has 0 spiro atoms. The molecule has 0 saturated carbocycles. The molecule has 110 valence electrons. The summed E-state index contributed by atoms with van der Waals surface area (Å²) in [5, 5.41) is 17.5. The average molecular weight is 283 g/mol. The fraction of sp³-hybridized carbons (Fsp3) is 0.455. The maximum atomic E-state index is 11.6. The van der Waals surface area contributed by atoms with Gasteiger partial charge in [-0.2, -0.15) is 5.10 Å². The van der Waals surface area contributed by atoms with E-state index in [4.69, 9.17) is 10.8 Å². The second-order valence-electron chi connectivity index (χ2n) is 4.27. The molecule has 1 atom stereocenters. The second kappa shape index (κ2) is 6.55. The van der Waals surface area contributed by atoms with Gasteiger partial charge in [0.1, 0.15) is 6.04 Å². The summed E-state index contributed by atoms with van der Waals surface area (Å²) in [5.41, 5.74) is 6.61. The van der Waals surface area contributed by atoms with E-state index in [1.807, 2.05) is 6.92 Å². The molecule has 9 nitrogen and oxygen atoms in total. The van der Waals surface area contributed by atoms with Crippen molar-refractivity contribution in [3.63, 3.8) is 0 Å². The summed E-state index contributed by atoms with van der Waals surface area (Å²) >= 11 is 0. The maximum absolute atomic E-state index is 11.6. The predicted octanol–water partition coefficient (Wildman–Crippen LogP) is -1.14. The van der Waals surface area contributed by atoms with Gasteiger partial charge >= 0.3 is 12.0 Å². The quantitative estimate of drug-likeness (QED) is 0.522. The molecule has 9 heteroatoms. The van der Waals surface area contributed by atoms with Crippen LogP contribution >= 0.6 is 0 Å². The number of carbonyl (C=O) groups is 3. The highest BCUT2D eigenvalue weighted by Crippen LogP contribution is 2.04. The van der Waals surface area contributed by atoms with Crippen molar-refractivity contribution in [2.75, 3.05) is 0 Å². The van der Waals surface area contributed by atoms with E-state index in [1.54, 1.807) is 17.9 Å². The zero-order valence-corrected chi connectivity index (χ0v) is 11.2. The summed E-state index contributed by atoms with van der Waals surface area (Å²) in [6.07, 6.45) is 1.14. The lowest BCUT2D eigenvalue weighted by Crippen LogP contribution is -2.47. The van der Waals surface area contributed by atoms with Gasteiger partial charge in [-0.15, -0.1) is 0 Å². The van der Waals surface area contributed by atoms with Crippen molar-refractivity contribution in [1.82, 2.24) is 20.4 Å². The van der Waals surface area contributed by atoms with Crippen molar-refractivity contribution in [1.29, 1.82) is 0 Å². The first-order valence-corrected chi connectivity index (χ1v) is 5.84. The van der Waals surface area contributed by atoms with Crippen LogP contribution < -0.4 is 16.4 Å². The van der Waals surface area contributed by atoms with Crippen LogP contribution in [0.2, 0.25) is 0 Å². The minimum Gasteiger partial charge on any atom is -0.480 e. The van der Waals surface area contributed by atoms with Gasteiger partial charge in [0.25, 0.3) is 0 Å². The second-order valence-corrected chi connectivity index (χ2v) is 4.27. The Hall–Kier alpha value is -2.58. The number of carboxylic acid groups (broad SMARTS) is 1. The van der Waals surface area contributed by atoms with Crippen molar-refractivity contribution in [2.24, 2.45) is 12.8 Å². The topological polar surface area (TPSA) is 139 Å². The van der Waals surface area contributed by atoms with E-state index in [0.29, 0.717) is 0 Å². The zero-order chi connectivity index (χ0) is 15.3. The lowest BCUT2D eigenvalue weighted by atomic mass is 10.2. The van der Waals surface area contributed by atoms with Crippen LogP contribution in [0.1, 0.15) is 17.7 Å². The van der Waals surface area contributed by atoms with Gasteiger partial charge in [-0.1, -0.05) is 0 Å². The molecule has 3 amide bonds. The third-order valence-corrected chi connectivity index (χ3v) is 2.79. The van der Waals surface area contributed by atoms with Gasteiger partial charge in [-0.25, -0.2) is 9.59 Å². The Labute approximate surface area is 115 Å². The van der Waals surface area contributed by atoms with Crippen LogP contribution in [0.3, 0.4) is 0 Å². The number of primary amides is 1. The molecule has 1 rings (SSSR count). The standard InChI is InChI=1S/C11H17N5O4/c1-6-7(5-14-16(6)2)4-13-11(20)15-8(10(18)19)3-9(12)17/h5,8H,3-4H2,1-2H3,(H2,12,17)(H,18,19)(H2,13,15,20)/t8-/m0/s1. The Morgan fingerprint density at radius 2 is 2.15 bits per heavy atom. The van der Waals surface area contributed by atoms with E-state index in [1.165, 1.54) is 0 Å². The predicted molar refractivity (Wildman–Crippen MR) is 68.6 cm³/mol. The average Bonchev–Trinajstić information content (AvgIpc) is 2.66. The minimum atomic E-state index is -1.34. The number of aromatic nitrogens is 2. The van der Waals surface area contributed by atoms with Gasteiger partial charge < -0.3 is 21.5 Å². The summed E-state index contributed by atoms with van der Waals surface area (Å²) < 4.78 is 1.65. The van der Waals surface area contributed by atoms with Gasteiger partial charge in [0.2, 0.25) is 5.91 Å². The molecule has 1 heterocycles. The molecular formula is C11H17N5O4. The van der Waals surface area contributed by atoms with E-state index < -0.39 is 30.4 Å². The number of amides is 3. The first kappa shape index (κ1) is 15.5. The van der Waals surface area contributed by atoms with Crippen molar-refractivity contribution in [2.45, 2.75) is 25.9 Å². The van der Waals surface area contributed by atoms with Gasteiger partial charge in [0.05, 0.1) is 12.6 Å². The van der Waals surface area contributed by atoms with E-state index in [9.17, 15) is 14.4 Å². The van der Waals surface area contributed by atoms with Crippen LogP contribution in [0, 0.1) is 6.92 Å². The van der Waals surface area contributed by atoms with Crippen LogP contribution in [-0.2, 0) is 23.2 Å². The number of nitrogens with two attached hydrogens (primary N) is 1. The van der Waals surface area contributed by atoms with E-state index in [2.05, 4.69) is 15.7 Å². The summed E-state index contributed by atoms with van der Waals surface area (Å²) in [6.45, 7) is 2.05. The van der Waals surface area contributed by atoms with Crippen LogP contribution in [0.25, 0.3) is 0 Å². The normalized spacial score (nSPS) is 11.7. The summed E-state index contributed by atoms with van der Waals surface area (Å²) in [7, 11) is 1.77.